The SMILES string of the molecule is Cc1ccc(F)c(S(=O)(=O)Nc2cc(Cl)c(Cl)cc2NS(=O)(=O)c2cccs2)c1. The minimum atomic E-state index is -4.39. The molecule has 3 aromatic rings. The van der Waals surface area contributed by atoms with Crippen molar-refractivity contribution in [2.75, 3.05) is 9.44 Å². The van der Waals surface area contributed by atoms with Crippen LogP contribution in [0.5, 0.6) is 0 Å². The number of hydrogen-bond donors (Lipinski definition) is 2. The van der Waals surface area contributed by atoms with Crippen molar-refractivity contribution in [1.29, 1.82) is 0 Å². The van der Waals surface area contributed by atoms with Crippen LogP contribution in [0, 0.1) is 12.7 Å². The lowest BCUT2D eigenvalue weighted by molar-refractivity contribution is 0.569. The molecular weight excluding hydrogens is 482 g/mol. The van der Waals surface area contributed by atoms with E-state index >= 15 is 0 Å². The van der Waals surface area contributed by atoms with Crippen LogP contribution < -0.4 is 9.44 Å². The van der Waals surface area contributed by atoms with E-state index in [1.807, 2.05) is 0 Å². The van der Waals surface area contributed by atoms with Gasteiger partial charge in [-0.15, -0.1) is 11.3 Å². The van der Waals surface area contributed by atoms with Crippen LogP contribution in [-0.2, 0) is 20.0 Å². The Morgan fingerprint density at radius 2 is 1.48 bits per heavy atom. The molecule has 0 unspecified atom stereocenters. The molecule has 0 radical (unpaired) electrons. The van der Waals surface area contributed by atoms with Crippen LogP contribution in [0.2, 0.25) is 10.0 Å². The fraction of sp³-hybridized carbons (Fsp3) is 0.0588. The van der Waals surface area contributed by atoms with E-state index in [-0.39, 0.29) is 25.6 Å². The normalized spacial score (nSPS) is 12.0. The molecule has 3 rings (SSSR count). The Morgan fingerprint density at radius 1 is 0.897 bits per heavy atom. The highest BCUT2D eigenvalue weighted by molar-refractivity contribution is 7.94. The van der Waals surface area contributed by atoms with Crippen molar-refractivity contribution >= 4 is 66.0 Å². The van der Waals surface area contributed by atoms with Crippen LogP contribution in [-0.4, -0.2) is 16.8 Å². The number of benzene rings is 2. The summed E-state index contributed by atoms with van der Waals surface area (Å²) < 4.78 is 69.1. The van der Waals surface area contributed by atoms with Gasteiger partial charge in [-0.1, -0.05) is 35.3 Å². The van der Waals surface area contributed by atoms with Crippen molar-refractivity contribution in [2.24, 2.45) is 0 Å². The highest BCUT2D eigenvalue weighted by Gasteiger charge is 2.24. The second-order valence-corrected chi connectivity index (χ2v) is 11.2. The molecule has 0 atom stereocenters. The Morgan fingerprint density at radius 3 is 2.03 bits per heavy atom. The molecule has 6 nitrogen and oxygen atoms in total. The average Bonchev–Trinajstić information content (AvgIpc) is 3.16. The van der Waals surface area contributed by atoms with Gasteiger partial charge in [-0.3, -0.25) is 9.44 Å². The minimum Gasteiger partial charge on any atom is -0.277 e. The maximum atomic E-state index is 14.1. The number of aryl methyl sites for hydroxylation is 1. The average molecular weight is 495 g/mol. The maximum Gasteiger partial charge on any atom is 0.271 e. The molecule has 1 aromatic heterocycles. The summed E-state index contributed by atoms with van der Waals surface area (Å²) in [5, 5.41) is 1.56. The summed E-state index contributed by atoms with van der Waals surface area (Å²) in [5.41, 5.74) is 0.157. The van der Waals surface area contributed by atoms with Crippen molar-refractivity contribution < 1.29 is 21.2 Å². The van der Waals surface area contributed by atoms with Crippen LogP contribution in [0.1, 0.15) is 5.56 Å². The molecule has 0 saturated heterocycles. The number of hydrogen-bond acceptors (Lipinski definition) is 5. The van der Waals surface area contributed by atoms with E-state index in [1.165, 1.54) is 18.2 Å². The van der Waals surface area contributed by atoms with E-state index in [4.69, 9.17) is 23.2 Å². The van der Waals surface area contributed by atoms with Gasteiger partial charge in [0.25, 0.3) is 20.0 Å². The molecule has 29 heavy (non-hydrogen) atoms. The van der Waals surface area contributed by atoms with Crippen LogP contribution in [0.3, 0.4) is 0 Å². The van der Waals surface area contributed by atoms with E-state index in [2.05, 4.69) is 9.44 Å². The monoisotopic (exact) mass is 494 g/mol. The highest BCUT2D eigenvalue weighted by Crippen LogP contribution is 2.35. The van der Waals surface area contributed by atoms with E-state index in [0.717, 1.165) is 29.5 Å². The van der Waals surface area contributed by atoms with Gasteiger partial charge in [0.2, 0.25) is 0 Å². The molecule has 1 heterocycles. The predicted molar refractivity (Wildman–Crippen MR) is 114 cm³/mol. The number of sulfonamides is 2. The van der Waals surface area contributed by atoms with Gasteiger partial charge < -0.3 is 0 Å². The number of rotatable bonds is 6. The Hall–Kier alpha value is -1.85. The molecule has 2 aromatic carbocycles. The number of anilines is 2. The lowest BCUT2D eigenvalue weighted by atomic mass is 10.2. The zero-order chi connectivity index (χ0) is 21.4. The summed E-state index contributed by atoms with van der Waals surface area (Å²) in [7, 11) is -8.39. The van der Waals surface area contributed by atoms with Crippen molar-refractivity contribution in [2.45, 2.75) is 16.0 Å². The minimum absolute atomic E-state index is 0.000213. The second kappa shape index (κ2) is 8.11. The molecule has 0 saturated carbocycles. The zero-order valence-electron chi connectivity index (χ0n) is 14.6. The second-order valence-electron chi connectivity index (χ2n) is 5.89. The highest BCUT2D eigenvalue weighted by atomic mass is 35.5. The van der Waals surface area contributed by atoms with Crippen molar-refractivity contribution in [3.8, 4) is 0 Å². The standard InChI is InChI=1S/C17H13Cl2FN2O4S3/c1-10-4-5-13(20)16(7-10)28(23,24)21-14-8-11(18)12(19)9-15(14)22-29(25,26)17-3-2-6-27-17/h2-9,21-22H,1H3. The fourth-order valence-electron chi connectivity index (χ4n) is 2.34. The van der Waals surface area contributed by atoms with Gasteiger partial charge in [0, 0.05) is 0 Å². The van der Waals surface area contributed by atoms with Crippen LogP contribution in [0.25, 0.3) is 0 Å². The van der Waals surface area contributed by atoms with Crippen LogP contribution >= 0.6 is 34.5 Å². The predicted octanol–water partition coefficient (Wildman–Crippen LogP) is 5.10. The third-order valence-electron chi connectivity index (χ3n) is 3.69. The first-order valence-electron chi connectivity index (χ1n) is 7.84. The molecule has 0 aliphatic heterocycles. The van der Waals surface area contributed by atoms with Crippen molar-refractivity contribution in [1.82, 2.24) is 0 Å². The Kier molecular flexibility index (Phi) is 6.11. The van der Waals surface area contributed by atoms with Gasteiger partial charge in [0.05, 0.1) is 21.4 Å². The fourth-order valence-corrected chi connectivity index (χ4v) is 5.97. The lowest BCUT2D eigenvalue weighted by Gasteiger charge is -2.16. The number of thiophene rings is 1. The van der Waals surface area contributed by atoms with Gasteiger partial charge in [0.1, 0.15) is 14.9 Å². The van der Waals surface area contributed by atoms with Crippen molar-refractivity contribution in [3.05, 3.63) is 69.3 Å². The number of halogens is 3. The smallest absolute Gasteiger partial charge is 0.271 e. The third-order valence-corrected chi connectivity index (χ3v) is 8.55. The van der Waals surface area contributed by atoms with E-state index in [1.54, 1.807) is 18.4 Å². The summed E-state index contributed by atoms with van der Waals surface area (Å²) in [5.74, 6) is -0.955. The summed E-state index contributed by atoms with van der Waals surface area (Å²) in [4.78, 5) is -0.587. The van der Waals surface area contributed by atoms with Gasteiger partial charge >= 0.3 is 0 Å². The number of nitrogens with one attached hydrogen (secondary N) is 2. The molecule has 0 aliphatic carbocycles. The summed E-state index contributed by atoms with van der Waals surface area (Å²) in [6, 6.07) is 8.85. The molecule has 12 heteroatoms. The molecule has 2 N–H and O–H groups in total. The summed E-state index contributed by atoms with van der Waals surface area (Å²) >= 11 is 12.9. The largest absolute Gasteiger partial charge is 0.277 e. The van der Waals surface area contributed by atoms with Gasteiger partial charge in [-0.25, -0.2) is 21.2 Å². The molecule has 0 aliphatic rings. The molecule has 0 bridgehead atoms. The molecule has 0 fully saturated rings. The topological polar surface area (TPSA) is 92.3 Å². The van der Waals surface area contributed by atoms with Crippen molar-refractivity contribution in [3.63, 3.8) is 0 Å². The molecule has 0 spiro atoms. The quantitative estimate of drug-likeness (QED) is 0.498. The first-order valence-corrected chi connectivity index (χ1v) is 12.4. The maximum absolute atomic E-state index is 14.1. The van der Waals surface area contributed by atoms with Gasteiger partial charge in [-0.05, 0) is 48.2 Å². The van der Waals surface area contributed by atoms with Gasteiger partial charge in [0.15, 0.2) is 0 Å². The Balaban J connectivity index is 2.05. The van der Waals surface area contributed by atoms with Crippen LogP contribution in [0.15, 0.2) is 56.9 Å². The first kappa shape index (κ1) is 21.8. The third kappa shape index (κ3) is 4.84. The van der Waals surface area contributed by atoms with Gasteiger partial charge in [-0.2, -0.15) is 0 Å². The Labute approximate surface area is 181 Å². The summed E-state index contributed by atoms with van der Waals surface area (Å²) in [6.45, 7) is 1.61. The van der Waals surface area contributed by atoms with E-state index in [0.29, 0.717) is 5.56 Å². The Bertz CT molecular complexity index is 1280. The molecule has 154 valence electrons. The zero-order valence-corrected chi connectivity index (χ0v) is 18.6. The molecular formula is C17H13Cl2FN2O4S3. The molecule has 0 amide bonds. The van der Waals surface area contributed by atoms with Crippen LogP contribution in [0.4, 0.5) is 15.8 Å². The summed E-state index contributed by atoms with van der Waals surface area (Å²) in [6.07, 6.45) is 0. The lowest BCUT2D eigenvalue weighted by Crippen LogP contribution is -2.18. The first-order chi connectivity index (χ1) is 13.5. The van der Waals surface area contributed by atoms with E-state index in [9.17, 15) is 21.2 Å². The van der Waals surface area contributed by atoms with E-state index < -0.39 is 30.8 Å².